The van der Waals surface area contributed by atoms with Crippen LogP contribution in [0.25, 0.3) is 21.9 Å². The minimum absolute atomic E-state index is 0.0370. The Morgan fingerprint density at radius 3 is 1.86 bits per heavy atom. The molecule has 0 N–H and O–H groups in total. The molecule has 0 bridgehead atoms. The quantitative estimate of drug-likeness (QED) is 0.0811. The molecule has 4 aromatic rings. The van der Waals surface area contributed by atoms with Gasteiger partial charge >= 0.3 is 238 Å². The summed E-state index contributed by atoms with van der Waals surface area (Å²) in [6.45, 7) is 1.22. The Hall–Kier alpha value is -3.19. The Balaban J connectivity index is 1.88. The summed E-state index contributed by atoms with van der Waals surface area (Å²) in [6.07, 6.45) is -7.25. The molecule has 17 heteroatoms. The van der Waals surface area contributed by atoms with Crippen molar-refractivity contribution in [1.29, 1.82) is 0 Å². The van der Waals surface area contributed by atoms with E-state index in [1.54, 1.807) is 0 Å². The van der Waals surface area contributed by atoms with Gasteiger partial charge in [-0.1, -0.05) is 0 Å². The average molecular weight is 740 g/mol. The molecule has 0 amide bonds. The molecular formula is C25H14F9IO6S. The summed E-state index contributed by atoms with van der Waals surface area (Å²) in [5.41, 5.74) is -0.726. The van der Waals surface area contributed by atoms with Gasteiger partial charge in [0.1, 0.15) is 0 Å². The van der Waals surface area contributed by atoms with Gasteiger partial charge < -0.3 is 0 Å². The molecular weight excluding hydrogens is 726 g/mol. The number of alkyl halides is 9. The fourth-order valence-electron chi connectivity index (χ4n) is 3.52. The first kappa shape index (κ1) is 31.7. The summed E-state index contributed by atoms with van der Waals surface area (Å²) < 4.78 is 156. The van der Waals surface area contributed by atoms with Gasteiger partial charge in [-0.15, -0.1) is 0 Å². The van der Waals surface area contributed by atoms with Crippen molar-refractivity contribution in [2.45, 2.75) is 30.2 Å². The number of benzene rings is 3. The maximum absolute atomic E-state index is 14.5. The van der Waals surface area contributed by atoms with Crippen molar-refractivity contribution in [2.75, 3.05) is 0 Å². The second-order valence-electron chi connectivity index (χ2n) is 8.56. The number of carbonyl (C=O) groups is 1. The molecule has 0 fully saturated rings. The monoisotopic (exact) mass is 740 g/mol. The first-order valence-corrected chi connectivity index (χ1v) is 15.6. The molecule has 0 aliphatic heterocycles. The van der Waals surface area contributed by atoms with Crippen LogP contribution in [0.5, 0.6) is 0 Å². The predicted molar refractivity (Wildman–Crippen MR) is 139 cm³/mol. The van der Waals surface area contributed by atoms with E-state index in [0.29, 0.717) is 0 Å². The van der Waals surface area contributed by atoms with Crippen molar-refractivity contribution < 1.29 is 59.7 Å². The van der Waals surface area contributed by atoms with E-state index in [4.69, 9.17) is 4.42 Å². The topological polar surface area (TPSA) is 90.7 Å². The van der Waals surface area contributed by atoms with Gasteiger partial charge in [0.2, 0.25) is 0 Å². The first-order valence-electron chi connectivity index (χ1n) is 11.1. The molecule has 0 saturated heterocycles. The van der Waals surface area contributed by atoms with Crippen LogP contribution in [0.2, 0.25) is 0 Å². The Bertz CT molecular complexity index is 1860. The summed E-state index contributed by atoms with van der Waals surface area (Å²) >= 11 is -4.46. The molecule has 0 atom stereocenters. The zero-order valence-electron chi connectivity index (χ0n) is 20.5. The zero-order chi connectivity index (χ0) is 31.5. The van der Waals surface area contributed by atoms with Gasteiger partial charge in [0, 0.05) is 0 Å². The number of hydrogen-bond donors (Lipinski definition) is 0. The second kappa shape index (κ2) is 10.5. The van der Waals surface area contributed by atoms with Crippen molar-refractivity contribution in [3.63, 3.8) is 0 Å². The van der Waals surface area contributed by atoms with E-state index in [-0.39, 0.29) is 34.6 Å². The molecule has 1 heterocycles. The van der Waals surface area contributed by atoms with Gasteiger partial charge in [0.15, 0.2) is 0 Å². The number of Topliss-reactive ketones (excluding diaryl/α,β-unsaturated/α-hetero) is 1. The molecule has 226 valence electrons. The van der Waals surface area contributed by atoms with Crippen LogP contribution in [0.15, 0.2) is 75.9 Å². The molecule has 0 saturated carbocycles. The number of carbonyl (C=O) groups excluding carboxylic acids is 1. The number of fused-ring (bicyclic) bond motifs is 2. The Morgan fingerprint density at radius 2 is 1.31 bits per heavy atom. The SMILES string of the molecule is CC(=O)c1ccc2oc3ccc(I(OS(=O)(=O)C(F)(F)C(F)(F)C(F)(F)C(F)(F)F)c4ccccc4)cc3c(=O)c2c1. The Labute approximate surface area is 237 Å². The van der Waals surface area contributed by atoms with Crippen LogP contribution in [0.4, 0.5) is 39.5 Å². The van der Waals surface area contributed by atoms with Crippen LogP contribution in [-0.2, 0) is 12.6 Å². The van der Waals surface area contributed by atoms with Gasteiger partial charge in [0.25, 0.3) is 0 Å². The number of ketones is 1. The normalized spacial score (nSPS) is 13.9. The van der Waals surface area contributed by atoms with Crippen LogP contribution in [0.3, 0.4) is 0 Å². The molecule has 0 aliphatic rings. The van der Waals surface area contributed by atoms with Gasteiger partial charge in [-0.25, -0.2) is 0 Å². The van der Waals surface area contributed by atoms with E-state index >= 15 is 0 Å². The average Bonchev–Trinajstić information content (AvgIpc) is 2.91. The van der Waals surface area contributed by atoms with E-state index in [0.717, 1.165) is 30.3 Å². The van der Waals surface area contributed by atoms with E-state index in [1.807, 2.05) is 0 Å². The molecule has 0 aliphatic carbocycles. The molecule has 0 spiro atoms. The summed E-state index contributed by atoms with van der Waals surface area (Å²) in [6, 6.07) is 13.1. The van der Waals surface area contributed by atoms with Crippen molar-refractivity contribution in [3.8, 4) is 0 Å². The first-order chi connectivity index (χ1) is 19.2. The third kappa shape index (κ3) is 5.14. The van der Waals surface area contributed by atoms with Gasteiger partial charge in [-0.3, -0.25) is 0 Å². The third-order valence-electron chi connectivity index (χ3n) is 5.74. The molecule has 0 unspecified atom stereocenters. The predicted octanol–water partition coefficient (Wildman–Crippen LogP) is 7.38. The molecule has 6 nitrogen and oxygen atoms in total. The fraction of sp³-hybridized carbons (Fsp3) is 0.200. The van der Waals surface area contributed by atoms with Crippen molar-refractivity contribution in [2.24, 2.45) is 0 Å². The standard InChI is InChI=1S/C25H14F9IO6S/c1-13(36)14-7-9-19-17(11-14)21(37)18-12-16(8-10-20(18)40-19)35(15-5-3-2-4-6-15)41-42(38,39)25(33,34)23(28,29)22(26,27)24(30,31)32/h2-12H,1H3. The van der Waals surface area contributed by atoms with Gasteiger partial charge in [-0.05, 0) is 0 Å². The van der Waals surface area contributed by atoms with Crippen molar-refractivity contribution in [1.82, 2.24) is 0 Å². The van der Waals surface area contributed by atoms with Crippen molar-refractivity contribution >= 4 is 58.1 Å². The second-order valence-corrected chi connectivity index (χ2v) is 15.1. The van der Waals surface area contributed by atoms with E-state index in [1.165, 1.54) is 43.3 Å². The van der Waals surface area contributed by atoms with Crippen LogP contribution < -0.4 is 5.43 Å². The van der Waals surface area contributed by atoms with Crippen molar-refractivity contribution in [3.05, 3.63) is 89.7 Å². The summed E-state index contributed by atoms with van der Waals surface area (Å²) in [5, 5.41) is -7.46. The number of rotatable bonds is 8. The summed E-state index contributed by atoms with van der Waals surface area (Å²) in [5.74, 6) is -15.4. The van der Waals surface area contributed by atoms with E-state index in [2.05, 4.69) is 2.51 Å². The number of halogens is 10. The van der Waals surface area contributed by atoms with Crippen LogP contribution in [0, 0.1) is 7.14 Å². The van der Waals surface area contributed by atoms with E-state index < -0.39 is 64.8 Å². The molecule has 3 aromatic carbocycles. The van der Waals surface area contributed by atoms with Crippen LogP contribution in [-0.4, -0.2) is 37.5 Å². The summed E-state index contributed by atoms with van der Waals surface area (Å²) in [7, 11) is -7.20. The molecule has 1 aromatic heterocycles. The zero-order valence-corrected chi connectivity index (χ0v) is 23.5. The Kier molecular flexibility index (Phi) is 7.94. The molecule has 0 radical (unpaired) electrons. The molecule has 4 rings (SSSR count). The Morgan fingerprint density at radius 1 is 0.762 bits per heavy atom. The number of hydrogen-bond acceptors (Lipinski definition) is 6. The van der Waals surface area contributed by atoms with Gasteiger partial charge in [-0.2, -0.15) is 0 Å². The fourth-order valence-corrected chi connectivity index (χ4v) is 10.6. The summed E-state index contributed by atoms with van der Waals surface area (Å²) in [4.78, 5) is 25.0. The minimum atomic E-state index is -7.48. The van der Waals surface area contributed by atoms with Crippen LogP contribution in [0.1, 0.15) is 17.3 Å². The van der Waals surface area contributed by atoms with E-state index in [9.17, 15) is 57.5 Å². The molecule has 42 heavy (non-hydrogen) atoms. The third-order valence-corrected chi connectivity index (χ3v) is 13.1. The van der Waals surface area contributed by atoms with Gasteiger partial charge in [0.05, 0.1) is 0 Å². The van der Waals surface area contributed by atoms with Crippen LogP contribution >= 0.6 is 20.2 Å². The maximum atomic E-state index is 14.5.